The third kappa shape index (κ3) is 4.24. The van der Waals surface area contributed by atoms with E-state index >= 15 is 0 Å². The molecule has 24 heavy (non-hydrogen) atoms. The average Bonchev–Trinajstić information content (AvgIpc) is 2.56. The molecule has 5 nitrogen and oxygen atoms in total. The van der Waals surface area contributed by atoms with Crippen LogP contribution in [0.25, 0.3) is 0 Å². The number of hydrogen-bond donors (Lipinski definition) is 2. The van der Waals surface area contributed by atoms with Gasteiger partial charge in [-0.25, -0.2) is 17.5 Å². The minimum atomic E-state index is -3.51. The lowest BCUT2D eigenvalue weighted by molar-refractivity contribution is 0.0950. The van der Waals surface area contributed by atoms with Crippen LogP contribution in [0.5, 0.6) is 0 Å². The topological polar surface area (TPSA) is 75.3 Å². The first kappa shape index (κ1) is 18.7. The van der Waals surface area contributed by atoms with Gasteiger partial charge in [0, 0.05) is 6.54 Å². The number of carbonyl (C=O) groups is 1. The third-order valence-corrected chi connectivity index (χ3v) is 5.24. The van der Waals surface area contributed by atoms with Gasteiger partial charge in [0.05, 0.1) is 20.5 Å². The summed E-state index contributed by atoms with van der Waals surface area (Å²) in [5.41, 5.74) is 0.636. The molecule has 0 saturated heterocycles. The van der Waals surface area contributed by atoms with Crippen LogP contribution < -0.4 is 10.0 Å². The van der Waals surface area contributed by atoms with Crippen molar-refractivity contribution in [2.75, 3.05) is 7.05 Å². The van der Waals surface area contributed by atoms with Crippen molar-refractivity contribution < 1.29 is 17.6 Å². The molecule has 2 aromatic rings. The monoisotopic (exact) mass is 390 g/mol. The van der Waals surface area contributed by atoms with Crippen molar-refractivity contribution in [3.8, 4) is 0 Å². The van der Waals surface area contributed by atoms with Gasteiger partial charge in [0.1, 0.15) is 5.82 Å². The Hall–Kier alpha value is -1.67. The second kappa shape index (κ2) is 7.48. The molecule has 0 aliphatic heterocycles. The highest BCUT2D eigenvalue weighted by Gasteiger charge is 2.14. The average molecular weight is 391 g/mol. The molecule has 0 fully saturated rings. The molecule has 128 valence electrons. The van der Waals surface area contributed by atoms with Gasteiger partial charge in [0.25, 0.3) is 5.91 Å². The summed E-state index contributed by atoms with van der Waals surface area (Å²) in [6.07, 6.45) is 0. The Morgan fingerprint density at radius 3 is 2.33 bits per heavy atom. The second-order valence-corrected chi connectivity index (χ2v) is 7.48. The van der Waals surface area contributed by atoms with Gasteiger partial charge < -0.3 is 5.32 Å². The first-order valence-electron chi connectivity index (χ1n) is 6.70. The van der Waals surface area contributed by atoms with E-state index in [2.05, 4.69) is 10.0 Å². The fourth-order valence-electron chi connectivity index (χ4n) is 1.88. The highest BCUT2D eigenvalue weighted by Crippen LogP contribution is 2.24. The molecule has 0 bridgehead atoms. The lowest BCUT2D eigenvalue weighted by atomic mass is 10.2. The van der Waals surface area contributed by atoms with E-state index in [9.17, 15) is 17.6 Å². The number of amides is 1. The van der Waals surface area contributed by atoms with Crippen LogP contribution in [0, 0.1) is 5.82 Å². The molecule has 2 rings (SSSR count). The Kier molecular flexibility index (Phi) is 5.82. The Balaban J connectivity index is 2.08. The molecular formula is C15H13Cl2FN2O3S. The van der Waals surface area contributed by atoms with Crippen LogP contribution in [0.2, 0.25) is 10.0 Å². The van der Waals surface area contributed by atoms with E-state index < -0.39 is 21.7 Å². The molecule has 0 aliphatic rings. The molecule has 0 aromatic heterocycles. The summed E-state index contributed by atoms with van der Waals surface area (Å²) in [6.45, 7) is 0.124. The fourth-order valence-corrected chi connectivity index (χ4v) is 3.08. The Morgan fingerprint density at radius 2 is 1.75 bits per heavy atom. The van der Waals surface area contributed by atoms with Gasteiger partial charge in [-0.3, -0.25) is 4.79 Å². The van der Waals surface area contributed by atoms with E-state index in [0.29, 0.717) is 5.56 Å². The van der Waals surface area contributed by atoms with E-state index in [1.807, 2.05) is 0 Å². The molecule has 0 atom stereocenters. The van der Waals surface area contributed by atoms with Crippen molar-refractivity contribution in [2.24, 2.45) is 0 Å². The summed E-state index contributed by atoms with van der Waals surface area (Å²) < 4.78 is 38.9. The maximum Gasteiger partial charge on any atom is 0.253 e. The van der Waals surface area contributed by atoms with Crippen LogP contribution in [-0.4, -0.2) is 21.4 Å². The van der Waals surface area contributed by atoms with Gasteiger partial charge in [-0.15, -0.1) is 0 Å². The standard InChI is InChI=1S/C15H13Cl2FN2O3S/c1-19-24(22,23)10-4-2-9(3-5-10)8-20-15(21)11-6-14(18)13(17)7-12(11)16/h2-7,19H,8H2,1H3,(H,20,21). The molecule has 0 heterocycles. The molecule has 9 heteroatoms. The Labute approximate surface area is 148 Å². The zero-order valence-electron chi connectivity index (χ0n) is 12.4. The normalized spacial score (nSPS) is 11.3. The molecule has 1 amide bonds. The first-order valence-corrected chi connectivity index (χ1v) is 8.93. The lowest BCUT2D eigenvalue weighted by Crippen LogP contribution is -2.23. The predicted octanol–water partition coefficient (Wildman–Crippen LogP) is 2.97. The number of sulfonamides is 1. The smallest absolute Gasteiger partial charge is 0.253 e. The van der Waals surface area contributed by atoms with Crippen LogP contribution in [0.3, 0.4) is 0 Å². The van der Waals surface area contributed by atoms with E-state index in [-0.39, 0.29) is 27.0 Å². The van der Waals surface area contributed by atoms with Crippen molar-refractivity contribution in [3.63, 3.8) is 0 Å². The largest absolute Gasteiger partial charge is 0.348 e. The van der Waals surface area contributed by atoms with Gasteiger partial charge in [-0.1, -0.05) is 35.3 Å². The predicted molar refractivity (Wildman–Crippen MR) is 90.3 cm³/mol. The molecule has 0 aliphatic carbocycles. The maximum atomic E-state index is 13.4. The molecule has 0 spiro atoms. The quantitative estimate of drug-likeness (QED) is 0.770. The number of benzene rings is 2. The molecule has 2 N–H and O–H groups in total. The van der Waals surface area contributed by atoms with Crippen LogP contribution in [0.1, 0.15) is 15.9 Å². The van der Waals surface area contributed by atoms with Crippen LogP contribution >= 0.6 is 23.2 Å². The zero-order chi connectivity index (χ0) is 17.9. The second-order valence-electron chi connectivity index (χ2n) is 4.78. The van der Waals surface area contributed by atoms with Crippen molar-refractivity contribution in [1.82, 2.24) is 10.0 Å². The number of hydrogen-bond acceptors (Lipinski definition) is 3. The van der Waals surface area contributed by atoms with Crippen molar-refractivity contribution in [2.45, 2.75) is 11.4 Å². The molecular weight excluding hydrogens is 378 g/mol. The summed E-state index contributed by atoms with van der Waals surface area (Å²) in [6, 6.07) is 8.08. The van der Waals surface area contributed by atoms with Crippen molar-refractivity contribution in [3.05, 3.63) is 63.4 Å². The molecule has 0 unspecified atom stereocenters. The molecule has 0 saturated carbocycles. The number of halogens is 3. The molecule has 0 radical (unpaired) electrons. The molecule has 2 aromatic carbocycles. The van der Waals surface area contributed by atoms with Gasteiger partial charge in [-0.05, 0) is 36.9 Å². The summed E-state index contributed by atoms with van der Waals surface area (Å²) >= 11 is 11.5. The summed E-state index contributed by atoms with van der Waals surface area (Å²) in [7, 11) is -2.19. The Morgan fingerprint density at radius 1 is 1.12 bits per heavy atom. The van der Waals surface area contributed by atoms with E-state index in [0.717, 1.165) is 12.1 Å². The number of carbonyl (C=O) groups excluding carboxylic acids is 1. The minimum Gasteiger partial charge on any atom is -0.348 e. The van der Waals surface area contributed by atoms with E-state index in [1.54, 1.807) is 12.1 Å². The third-order valence-electron chi connectivity index (χ3n) is 3.21. The minimum absolute atomic E-state index is 0.0343. The number of rotatable bonds is 5. The van der Waals surface area contributed by atoms with Gasteiger partial charge in [0.15, 0.2) is 0 Å². The van der Waals surface area contributed by atoms with Gasteiger partial charge in [-0.2, -0.15) is 0 Å². The first-order chi connectivity index (χ1) is 11.2. The van der Waals surface area contributed by atoms with E-state index in [1.165, 1.54) is 19.2 Å². The van der Waals surface area contributed by atoms with Crippen LogP contribution in [-0.2, 0) is 16.6 Å². The van der Waals surface area contributed by atoms with Crippen LogP contribution in [0.15, 0.2) is 41.3 Å². The lowest BCUT2D eigenvalue weighted by Gasteiger charge is -2.09. The van der Waals surface area contributed by atoms with E-state index in [4.69, 9.17) is 23.2 Å². The van der Waals surface area contributed by atoms with Crippen molar-refractivity contribution in [1.29, 1.82) is 0 Å². The summed E-state index contributed by atoms with van der Waals surface area (Å²) in [5.74, 6) is -1.31. The number of nitrogens with one attached hydrogen (secondary N) is 2. The Bertz CT molecular complexity index is 871. The summed E-state index contributed by atoms with van der Waals surface area (Å²) in [4.78, 5) is 12.2. The zero-order valence-corrected chi connectivity index (χ0v) is 14.8. The fraction of sp³-hybridized carbons (Fsp3) is 0.133. The maximum absolute atomic E-state index is 13.4. The van der Waals surface area contributed by atoms with Gasteiger partial charge in [0.2, 0.25) is 10.0 Å². The van der Waals surface area contributed by atoms with Gasteiger partial charge >= 0.3 is 0 Å². The highest BCUT2D eigenvalue weighted by atomic mass is 35.5. The summed E-state index contributed by atoms with van der Waals surface area (Å²) in [5, 5.41) is 2.44. The van der Waals surface area contributed by atoms with Crippen molar-refractivity contribution >= 4 is 39.1 Å². The van der Waals surface area contributed by atoms with Crippen LogP contribution in [0.4, 0.5) is 4.39 Å². The highest BCUT2D eigenvalue weighted by molar-refractivity contribution is 7.89. The SMILES string of the molecule is CNS(=O)(=O)c1ccc(CNC(=O)c2cc(F)c(Cl)cc2Cl)cc1.